The van der Waals surface area contributed by atoms with Crippen molar-refractivity contribution in [3.8, 4) is 0 Å². The number of carbonyl (C=O) groups is 2. The quantitative estimate of drug-likeness (QED) is 0.312. The Morgan fingerprint density at radius 2 is 1.05 bits per heavy atom. The van der Waals surface area contributed by atoms with Crippen LogP contribution in [0.25, 0.3) is 0 Å². The van der Waals surface area contributed by atoms with Crippen molar-refractivity contribution >= 4 is 11.9 Å². The predicted octanol–water partition coefficient (Wildman–Crippen LogP) is 4.59. The second kappa shape index (κ2) is 14.6. The lowest BCUT2D eigenvalue weighted by atomic mass is 9.97. The van der Waals surface area contributed by atoms with E-state index in [2.05, 4.69) is 0 Å². The Morgan fingerprint density at radius 1 is 0.615 bits per heavy atom. The number of ether oxygens (including phenoxy) is 6. The standard InChI is InChI=1S/C31H34O8/c1-22(32)34-21-27-28(35-18-24-12-6-3-7-13-24)29(36-19-25-14-8-4-9-15-25)30(31(39-27)38-23(2)33)37-20-26-16-10-5-11-17-26/h3-17,27-31H,18-21H2,1-2H3/t27?,28-,29?,30?,31+/m1/s1. The molecule has 8 nitrogen and oxygen atoms in total. The van der Waals surface area contributed by atoms with E-state index in [1.807, 2.05) is 91.0 Å². The zero-order chi connectivity index (χ0) is 27.5. The molecule has 0 bridgehead atoms. The van der Waals surface area contributed by atoms with Gasteiger partial charge in [-0.3, -0.25) is 9.59 Å². The van der Waals surface area contributed by atoms with Gasteiger partial charge in [-0.25, -0.2) is 0 Å². The van der Waals surface area contributed by atoms with Crippen LogP contribution in [0.15, 0.2) is 91.0 Å². The summed E-state index contributed by atoms with van der Waals surface area (Å²) in [4.78, 5) is 23.8. The van der Waals surface area contributed by atoms with E-state index in [9.17, 15) is 9.59 Å². The van der Waals surface area contributed by atoms with Gasteiger partial charge >= 0.3 is 11.9 Å². The summed E-state index contributed by atoms with van der Waals surface area (Å²) in [6.07, 6.45) is -4.15. The highest BCUT2D eigenvalue weighted by molar-refractivity contribution is 5.66. The molecular formula is C31H34O8. The first-order valence-electron chi connectivity index (χ1n) is 12.9. The zero-order valence-corrected chi connectivity index (χ0v) is 22.1. The second-order valence-corrected chi connectivity index (χ2v) is 9.24. The molecule has 3 unspecified atom stereocenters. The average Bonchev–Trinajstić information content (AvgIpc) is 2.95. The minimum Gasteiger partial charge on any atom is -0.463 e. The summed E-state index contributed by atoms with van der Waals surface area (Å²) in [5.74, 6) is -1.00. The maximum Gasteiger partial charge on any atom is 0.305 e. The van der Waals surface area contributed by atoms with E-state index in [-0.39, 0.29) is 26.4 Å². The van der Waals surface area contributed by atoms with E-state index in [1.54, 1.807) is 0 Å². The van der Waals surface area contributed by atoms with Crippen molar-refractivity contribution in [1.82, 2.24) is 0 Å². The minimum absolute atomic E-state index is 0.108. The monoisotopic (exact) mass is 534 g/mol. The van der Waals surface area contributed by atoms with Crippen LogP contribution in [0.2, 0.25) is 0 Å². The van der Waals surface area contributed by atoms with Gasteiger partial charge in [0, 0.05) is 13.8 Å². The van der Waals surface area contributed by atoms with Crippen molar-refractivity contribution in [3.05, 3.63) is 108 Å². The number of hydrogen-bond acceptors (Lipinski definition) is 8. The summed E-state index contributed by atoms with van der Waals surface area (Å²) in [5, 5.41) is 0. The first-order chi connectivity index (χ1) is 19.0. The van der Waals surface area contributed by atoms with E-state index in [0.717, 1.165) is 16.7 Å². The number of hydrogen-bond donors (Lipinski definition) is 0. The van der Waals surface area contributed by atoms with E-state index in [1.165, 1.54) is 13.8 Å². The number of rotatable bonds is 12. The van der Waals surface area contributed by atoms with Gasteiger partial charge in [0.05, 0.1) is 19.8 Å². The molecule has 0 saturated carbocycles. The van der Waals surface area contributed by atoms with Gasteiger partial charge in [-0.05, 0) is 16.7 Å². The Kier molecular flexibility index (Phi) is 10.6. The number of esters is 2. The summed E-state index contributed by atoms with van der Waals surface area (Å²) in [7, 11) is 0. The van der Waals surface area contributed by atoms with Crippen LogP contribution in [0.4, 0.5) is 0 Å². The van der Waals surface area contributed by atoms with Crippen LogP contribution in [-0.4, -0.2) is 49.3 Å². The molecule has 0 spiro atoms. The van der Waals surface area contributed by atoms with E-state index < -0.39 is 42.6 Å². The second-order valence-electron chi connectivity index (χ2n) is 9.24. The first kappa shape index (κ1) is 28.4. The fourth-order valence-electron chi connectivity index (χ4n) is 4.34. The van der Waals surface area contributed by atoms with Crippen LogP contribution >= 0.6 is 0 Å². The third-order valence-corrected chi connectivity index (χ3v) is 6.18. The van der Waals surface area contributed by atoms with E-state index >= 15 is 0 Å². The molecule has 206 valence electrons. The van der Waals surface area contributed by atoms with Crippen LogP contribution in [0, 0.1) is 0 Å². The van der Waals surface area contributed by atoms with Gasteiger partial charge in [-0.1, -0.05) is 91.0 Å². The van der Waals surface area contributed by atoms with Crippen LogP contribution < -0.4 is 0 Å². The van der Waals surface area contributed by atoms with Crippen LogP contribution in [0.5, 0.6) is 0 Å². The van der Waals surface area contributed by atoms with Crippen molar-refractivity contribution in [2.45, 2.75) is 64.4 Å². The summed E-state index contributed by atoms with van der Waals surface area (Å²) in [6, 6.07) is 29.1. The van der Waals surface area contributed by atoms with Crippen LogP contribution in [-0.2, 0) is 57.8 Å². The number of carbonyl (C=O) groups excluding carboxylic acids is 2. The molecule has 0 N–H and O–H groups in total. The van der Waals surface area contributed by atoms with Crippen LogP contribution in [0.1, 0.15) is 30.5 Å². The molecule has 3 aromatic rings. The Bertz CT molecular complexity index is 1150. The minimum atomic E-state index is -1.11. The lowest BCUT2D eigenvalue weighted by molar-refractivity contribution is -0.318. The summed E-state index contributed by atoms with van der Waals surface area (Å²) >= 11 is 0. The molecule has 1 aliphatic rings. The molecule has 3 aromatic carbocycles. The van der Waals surface area contributed by atoms with Gasteiger partial charge in [0.2, 0.25) is 6.29 Å². The molecule has 39 heavy (non-hydrogen) atoms. The highest BCUT2D eigenvalue weighted by Gasteiger charge is 2.50. The largest absolute Gasteiger partial charge is 0.463 e. The highest BCUT2D eigenvalue weighted by Crippen LogP contribution is 2.31. The van der Waals surface area contributed by atoms with Crippen molar-refractivity contribution in [2.24, 2.45) is 0 Å². The van der Waals surface area contributed by atoms with Gasteiger partial charge < -0.3 is 28.4 Å². The van der Waals surface area contributed by atoms with Crippen LogP contribution in [0.3, 0.4) is 0 Å². The molecule has 5 atom stereocenters. The topological polar surface area (TPSA) is 89.5 Å². The molecular weight excluding hydrogens is 500 g/mol. The molecule has 1 aliphatic heterocycles. The summed E-state index contributed by atoms with van der Waals surface area (Å²) < 4.78 is 36.2. The molecule has 0 radical (unpaired) electrons. The predicted molar refractivity (Wildman–Crippen MR) is 142 cm³/mol. The van der Waals surface area contributed by atoms with Gasteiger partial charge in [-0.15, -0.1) is 0 Å². The number of benzene rings is 3. The SMILES string of the molecule is CC(=O)OCC1O[C@H](OC(C)=O)C(OCc2ccccc2)C(OCc2ccccc2)[C@@H]1OCc1ccccc1. The molecule has 1 saturated heterocycles. The summed E-state index contributed by atoms with van der Waals surface area (Å²) in [5.41, 5.74) is 2.84. The highest BCUT2D eigenvalue weighted by atomic mass is 16.7. The third kappa shape index (κ3) is 8.73. The maximum atomic E-state index is 12.1. The smallest absolute Gasteiger partial charge is 0.305 e. The van der Waals surface area contributed by atoms with Crippen molar-refractivity contribution in [1.29, 1.82) is 0 Å². The Balaban J connectivity index is 1.64. The molecule has 0 aliphatic carbocycles. The Morgan fingerprint density at radius 3 is 1.49 bits per heavy atom. The summed E-state index contributed by atoms with van der Waals surface area (Å²) in [6.45, 7) is 3.27. The van der Waals surface area contributed by atoms with Gasteiger partial charge in [0.25, 0.3) is 0 Å². The molecule has 1 heterocycles. The average molecular weight is 535 g/mol. The van der Waals surface area contributed by atoms with Crippen molar-refractivity contribution in [3.63, 3.8) is 0 Å². The molecule has 8 heteroatoms. The third-order valence-electron chi connectivity index (χ3n) is 6.18. The lowest BCUT2D eigenvalue weighted by Crippen LogP contribution is -2.62. The molecule has 0 amide bonds. The Labute approximate surface area is 228 Å². The van der Waals surface area contributed by atoms with Crippen molar-refractivity contribution < 1.29 is 38.0 Å². The van der Waals surface area contributed by atoms with E-state index in [4.69, 9.17) is 28.4 Å². The molecule has 1 fully saturated rings. The lowest BCUT2D eigenvalue weighted by Gasteiger charge is -2.45. The zero-order valence-electron chi connectivity index (χ0n) is 22.1. The van der Waals surface area contributed by atoms with Gasteiger partial charge in [0.1, 0.15) is 31.0 Å². The fraction of sp³-hybridized carbons (Fsp3) is 0.355. The molecule has 0 aromatic heterocycles. The molecule has 4 rings (SSSR count). The first-order valence-corrected chi connectivity index (χ1v) is 12.9. The van der Waals surface area contributed by atoms with E-state index in [0.29, 0.717) is 0 Å². The van der Waals surface area contributed by atoms with Gasteiger partial charge in [0.15, 0.2) is 0 Å². The van der Waals surface area contributed by atoms with Crippen molar-refractivity contribution in [2.75, 3.05) is 6.61 Å². The van der Waals surface area contributed by atoms with Gasteiger partial charge in [-0.2, -0.15) is 0 Å². The fourth-order valence-corrected chi connectivity index (χ4v) is 4.34. The normalized spacial score (nSPS) is 22.7. The Hall–Kier alpha value is -3.56. The maximum absolute atomic E-state index is 12.1.